The zero-order chi connectivity index (χ0) is 15.2. The van der Waals surface area contributed by atoms with Crippen molar-refractivity contribution in [2.45, 2.75) is 6.92 Å². The lowest BCUT2D eigenvalue weighted by Crippen LogP contribution is -2.36. The lowest BCUT2D eigenvalue weighted by Gasteiger charge is -2.19. The maximum Gasteiger partial charge on any atom is 0.325 e. The summed E-state index contributed by atoms with van der Waals surface area (Å²) in [5.41, 5.74) is 1.45. The average molecular weight is 286 g/mol. The summed E-state index contributed by atoms with van der Waals surface area (Å²) in [6.45, 7) is 2.23. The summed E-state index contributed by atoms with van der Waals surface area (Å²) in [7, 11) is 1.31. The molecular weight excluding hydrogens is 268 g/mol. The normalized spacial score (nSPS) is 10.2. The van der Waals surface area contributed by atoms with E-state index >= 15 is 0 Å². The van der Waals surface area contributed by atoms with E-state index in [4.69, 9.17) is 0 Å². The second-order valence-electron chi connectivity index (χ2n) is 4.54. The van der Waals surface area contributed by atoms with Crippen molar-refractivity contribution in [2.75, 3.05) is 20.2 Å². The molecular formula is C16H18N2O3. The lowest BCUT2D eigenvalue weighted by atomic mass is 10.1. The van der Waals surface area contributed by atoms with Gasteiger partial charge in [-0.1, -0.05) is 6.07 Å². The molecule has 1 aromatic carbocycles. The number of carbonyl (C=O) groups excluding carboxylic acids is 2. The molecule has 5 nitrogen and oxygen atoms in total. The van der Waals surface area contributed by atoms with E-state index in [1.807, 2.05) is 54.2 Å². The second-order valence-corrected chi connectivity index (χ2v) is 4.54. The summed E-state index contributed by atoms with van der Waals surface area (Å²) in [6.07, 6.45) is 3.82. The summed E-state index contributed by atoms with van der Waals surface area (Å²) in [6, 6.07) is 11.1. The summed E-state index contributed by atoms with van der Waals surface area (Å²) in [5.74, 6) is -0.608. The van der Waals surface area contributed by atoms with Gasteiger partial charge in [0.2, 0.25) is 0 Å². The van der Waals surface area contributed by atoms with Crippen LogP contribution >= 0.6 is 0 Å². The summed E-state index contributed by atoms with van der Waals surface area (Å²) in [4.78, 5) is 25.3. The van der Waals surface area contributed by atoms with Crippen molar-refractivity contribution in [2.24, 2.45) is 0 Å². The molecule has 0 aliphatic rings. The number of esters is 1. The standard InChI is InChI=1S/C16H18N2O3/c1-3-17(12-15(19)21-2)16(20)13-7-6-8-14(11-13)18-9-4-5-10-18/h4-11H,3,12H2,1-2H3. The molecule has 1 amide bonds. The third-order valence-electron chi connectivity index (χ3n) is 3.21. The van der Waals surface area contributed by atoms with Gasteiger partial charge in [-0.05, 0) is 37.3 Å². The minimum atomic E-state index is -0.424. The molecule has 0 atom stereocenters. The molecule has 0 bridgehead atoms. The molecule has 0 N–H and O–H groups in total. The van der Waals surface area contributed by atoms with Crippen LogP contribution < -0.4 is 0 Å². The van der Waals surface area contributed by atoms with Gasteiger partial charge >= 0.3 is 5.97 Å². The van der Waals surface area contributed by atoms with Crippen molar-refractivity contribution in [1.82, 2.24) is 9.47 Å². The number of likely N-dealkylation sites (N-methyl/N-ethyl adjacent to an activating group) is 1. The van der Waals surface area contributed by atoms with E-state index in [1.54, 1.807) is 6.07 Å². The number of hydrogen-bond acceptors (Lipinski definition) is 3. The Morgan fingerprint density at radius 1 is 1.19 bits per heavy atom. The highest BCUT2D eigenvalue weighted by Crippen LogP contribution is 2.13. The zero-order valence-electron chi connectivity index (χ0n) is 12.2. The van der Waals surface area contributed by atoms with E-state index in [1.165, 1.54) is 12.0 Å². The Balaban J connectivity index is 2.22. The summed E-state index contributed by atoms with van der Waals surface area (Å²) < 4.78 is 6.54. The minimum absolute atomic E-state index is 0.0421. The highest BCUT2D eigenvalue weighted by molar-refractivity contribution is 5.96. The van der Waals surface area contributed by atoms with Crippen molar-refractivity contribution in [3.8, 4) is 5.69 Å². The van der Waals surface area contributed by atoms with Crippen LogP contribution in [0.1, 0.15) is 17.3 Å². The van der Waals surface area contributed by atoms with Crippen molar-refractivity contribution in [3.63, 3.8) is 0 Å². The first-order valence-electron chi connectivity index (χ1n) is 6.75. The largest absolute Gasteiger partial charge is 0.468 e. The highest BCUT2D eigenvalue weighted by atomic mass is 16.5. The molecule has 2 aromatic rings. The van der Waals surface area contributed by atoms with Gasteiger partial charge in [-0.25, -0.2) is 0 Å². The van der Waals surface area contributed by atoms with Crippen LogP contribution in [0.3, 0.4) is 0 Å². The molecule has 5 heteroatoms. The molecule has 1 aromatic heterocycles. The van der Waals surface area contributed by atoms with Gasteiger partial charge in [0.05, 0.1) is 7.11 Å². The average Bonchev–Trinajstić information content (AvgIpc) is 3.06. The van der Waals surface area contributed by atoms with E-state index in [0.717, 1.165) is 5.69 Å². The first-order chi connectivity index (χ1) is 10.2. The number of rotatable bonds is 5. The molecule has 21 heavy (non-hydrogen) atoms. The fourth-order valence-corrected chi connectivity index (χ4v) is 2.04. The van der Waals surface area contributed by atoms with Crippen LogP contribution in [0.4, 0.5) is 0 Å². The molecule has 0 unspecified atom stereocenters. The number of methoxy groups -OCH3 is 1. The Hall–Kier alpha value is -2.56. The number of hydrogen-bond donors (Lipinski definition) is 0. The maximum absolute atomic E-state index is 12.5. The van der Waals surface area contributed by atoms with Gasteiger partial charge in [0.25, 0.3) is 5.91 Å². The van der Waals surface area contributed by atoms with Gasteiger partial charge < -0.3 is 14.2 Å². The first kappa shape index (κ1) is 14.8. The number of aromatic nitrogens is 1. The molecule has 0 saturated heterocycles. The molecule has 110 valence electrons. The van der Waals surface area contributed by atoms with E-state index in [2.05, 4.69) is 4.74 Å². The predicted molar refractivity (Wildman–Crippen MR) is 79.4 cm³/mol. The Morgan fingerprint density at radius 3 is 2.52 bits per heavy atom. The number of amides is 1. The van der Waals surface area contributed by atoms with Gasteiger partial charge in [0.15, 0.2) is 0 Å². The molecule has 0 radical (unpaired) electrons. The maximum atomic E-state index is 12.5. The SMILES string of the molecule is CCN(CC(=O)OC)C(=O)c1cccc(-n2cccc2)c1. The number of ether oxygens (including phenoxy) is 1. The Morgan fingerprint density at radius 2 is 1.90 bits per heavy atom. The smallest absolute Gasteiger partial charge is 0.325 e. The number of nitrogens with zero attached hydrogens (tertiary/aromatic N) is 2. The van der Waals surface area contributed by atoms with Crippen LogP contribution in [0.5, 0.6) is 0 Å². The van der Waals surface area contributed by atoms with Crippen LogP contribution in [0.15, 0.2) is 48.8 Å². The van der Waals surface area contributed by atoms with Crippen molar-refractivity contribution in [1.29, 1.82) is 0 Å². The summed E-state index contributed by atoms with van der Waals surface area (Å²) in [5, 5.41) is 0. The van der Waals surface area contributed by atoms with Gasteiger partial charge in [0.1, 0.15) is 6.54 Å². The zero-order valence-corrected chi connectivity index (χ0v) is 12.2. The molecule has 0 spiro atoms. The van der Waals surface area contributed by atoms with E-state index in [0.29, 0.717) is 12.1 Å². The minimum Gasteiger partial charge on any atom is -0.468 e. The molecule has 0 aliphatic heterocycles. The highest BCUT2D eigenvalue weighted by Gasteiger charge is 2.17. The van der Waals surface area contributed by atoms with E-state index in [9.17, 15) is 9.59 Å². The quantitative estimate of drug-likeness (QED) is 0.791. The third-order valence-corrected chi connectivity index (χ3v) is 3.21. The third kappa shape index (κ3) is 3.51. The fourth-order valence-electron chi connectivity index (χ4n) is 2.04. The second kappa shape index (κ2) is 6.74. The van der Waals surface area contributed by atoms with Crippen molar-refractivity contribution in [3.05, 3.63) is 54.4 Å². The Bertz CT molecular complexity index is 620. The predicted octanol–water partition coefficient (Wildman–Crippen LogP) is 2.11. The lowest BCUT2D eigenvalue weighted by molar-refractivity contribution is -0.141. The summed E-state index contributed by atoms with van der Waals surface area (Å²) >= 11 is 0. The van der Waals surface area contributed by atoms with Crippen LogP contribution in [0.25, 0.3) is 5.69 Å². The van der Waals surface area contributed by atoms with Crippen molar-refractivity contribution >= 4 is 11.9 Å². The first-order valence-corrected chi connectivity index (χ1v) is 6.75. The molecule has 2 rings (SSSR count). The van der Waals surface area contributed by atoms with E-state index in [-0.39, 0.29) is 12.5 Å². The van der Waals surface area contributed by atoms with Gasteiger partial charge in [0, 0.05) is 30.2 Å². The van der Waals surface area contributed by atoms with Gasteiger partial charge in [-0.2, -0.15) is 0 Å². The number of benzene rings is 1. The Kier molecular flexibility index (Phi) is 4.77. The van der Waals surface area contributed by atoms with Crippen LogP contribution in [-0.2, 0) is 9.53 Å². The topological polar surface area (TPSA) is 51.5 Å². The van der Waals surface area contributed by atoms with Crippen LogP contribution in [0.2, 0.25) is 0 Å². The van der Waals surface area contributed by atoms with Gasteiger partial charge in [-0.15, -0.1) is 0 Å². The molecule has 0 fully saturated rings. The fraction of sp³-hybridized carbons (Fsp3) is 0.250. The van der Waals surface area contributed by atoms with E-state index < -0.39 is 5.97 Å². The van der Waals surface area contributed by atoms with Crippen LogP contribution in [-0.4, -0.2) is 41.5 Å². The monoisotopic (exact) mass is 286 g/mol. The Labute approximate surface area is 123 Å². The molecule has 1 heterocycles. The van der Waals surface area contributed by atoms with Crippen molar-refractivity contribution < 1.29 is 14.3 Å². The van der Waals surface area contributed by atoms with Gasteiger partial charge in [-0.3, -0.25) is 9.59 Å². The number of carbonyl (C=O) groups is 2. The molecule has 0 aliphatic carbocycles. The molecule has 0 saturated carbocycles. The van der Waals surface area contributed by atoms with Crippen LogP contribution in [0, 0.1) is 0 Å².